The number of hydrogen-bond donors (Lipinski definition) is 2. The van der Waals surface area contributed by atoms with Crippen LogP contribution in [0.25, 0.3) is 17.0 Å². The maximum Gasteiger partial charge on any atom is 0.352 e. The van der Waals surface area contributed by atoms with E-state index in [4.69, 9.17) is 11.6 Å². The number of nitrogens with one attached hydrogen (secondary N) is 1. The molecule has 3 rings (SSSR count). The molecule has 2 N–H and O–H groups in total. The summed E-state index contributed by atoms with van der Waals surface area (Å²) in [6.45, 7) is 0. The largest absolute Gasteiger partial charge is 0.477 e. The van der Waals surface area contributed by atoms with Crippen LogP contribution >= 0.6 is 11.6 Å². The first kappa shape index (κ1) is 16.8. The van der Waals surface area contributed by atoms with E-state index < -0.39 is 11.9 Å². The molecular weight excluding hydrogens is 340 g/mol. The number of benzene rings is 2. The van der Waals surface area contributed by atoms with Crippen molar-refractivity contribution in [2.45, 2.75) is 0 Å². The van der Waals surface area contributed by atoms with E-state index in [1.807, 2.05) is 24.3 Å². The average Bonchev–Trinajstić information content (AvgIpc) is 2.87. The van der Waals surface area contributed by atoms with Gasteiger partial charge in [-0.1, -0.05) is 48.0 Å². The third-order valence-corrected chi connectivity index (χ3v) is 4.33. The number of carboxylic acid groups (broad SMARTS) is 1. The first-order chi connectivity index (χ1) is 12.0. The summed E-state index contributed by atoms with van der Waals surface area (Å²) in [5.41, 5.74) is 1.55. The first-order valence-corrected chi connectivity index (χ1v) is 7.91. The second-order valence-corrected chi connectivity index (χ2v) is 5.82. The first-order valence-electron chi connectivity index (χ1n) is 7.53. The quantitative estimate of drug-likeness (QED) is 0.702. The van der Waals surface area contributed by atoms with E-state index in [1.54, 1.807) is 41.9 Å². The smallest absolute Gasteiger partial charge is 0.352 e. The molecule has 0 bridgehead atoms. The van der Waals surface area contributed by atoms with Crippen molar-refractivity contribution in [1.29, 1.82) is 0 Å². The number of carbonyl (C=O) groups is 2. The molecule has 0 aliphatic carbocycles. The van der Waals surface area contributed by atoms with Gasteiger partial charge in [0, 0.05) is 29.1 Å². The predicted octanol–water partition coefficient (Wildman–Crippen LogP) is 3.69. The predicted molar refractivity (Wildman–Crippen MR) is 97.5 cm³/mol. The fourth-order valence-corrected chi connectivity index (χ4v) is 2.86. The molecule has 0 aliphatic rings. The van der Waals surface area contributed by atoms with Gasteiger partial charge in [0.25, 0.3) is 5.91 Å². The van der Waals surface area contributed by atoms with E-state index in [9.17, 15) is 14.7 Å². The van der Waals surface area contributed by atoms with Crippen molar-refractivity contribution in [3.63, 3.8) is 0 Å². The van der Waals surface area contributed by atoms with Crippen LogP contribution in [0, 0.1) is 0 Å². The Bertz CT molecular complexity index is 991. The molecule has 3 aromatic rings. The highest BCUT2D eigenvalue weighted by molar-refractivity contribution is 6.33. The number of fused-ring (bicyclic) bond motifs is 1. The zero-order valence-electron chi connectivity index (χ0n) is 13.4. The Hall–Kier alpha value is -3.05. The number of aliphatic carboxylic acids is 1. The molecule has 0 fully saturated rings. The number of halogens is 1. The fourth-order valence-electron chi connectivity index (χ4n) is 2.61. The van der Waals surface area contributed by atoms with E-state index in [0.717, 1.165) is 10.9 Å². The standard InChI is InChI=1S/C19H15ClN2O3/c1-22-16-10-6-5-9-13(16)14(17(22)20)11-15(19(24)25)21-18(23)12-7-3-2-4-8-12/h2-11H,1H3,(H,21,23)(H,24,25). The molecule has 6 heteroatoms. The van der Waals surface area contributed by atoms with Gasteiger partial charge in [0.05, 0.1) is 0 Å². The summed E-state index contributed by atoms with van der Waals surface area (Å²) < 4.78 is 1.77. The Labute approximate surface area is 149 Å². The highest BCUT2D eigenvalue weighted by atomic mass is 35.5. The summed E-state index contributed by atoms with van der Waals surface area (Å²) >= 11 is 6.35. The van der Waals surface area contributed by atoms with Gasteiger partial charge in [0.2, 0.25) is 0 Å². The van der Waals surface area contributed by atoms with E-state index in [1.165, 1.54) is 6.08 Å². The van der Waals surface area contributed by atoms with E-state index in [-0.39, 0.29) is 5.70 Å². The van der Waals surface area contributed by atoms with Crippen molar-refractivity contribution in [1.82, 2.24) is 9.88 Å². The number of carboxylic acids is 1. The van der Waals surface area contributed by atoms with Crippen molar-refractivity contribution in [2.75, 3.05) is 0 Å². The minimum Gasteiger partial charge on any atom is -0.477 e. The van der Waals surface area contributed by atoms with Crippen LogP contribution in [0.2, 0.25) is 5.15 Å². The number of aromatic nitrogens is 1. The number of carbonyl (C=O) groups excluding carboxylic acids is 1. The lowest BCUT2D eigenvalue weighted by molar-refractivity contribution is -0.132. The van der Waals surface area contributed by atoms with E-state index in [0.29, 0.717) is 16.3 Å². The summed E-state index contributed by atoms with van der Waals surface area (Å²) in [4.78, 5) is 23.8. The molecule has 0 atom stereocenters. The van der Waals surface area contributed by atoms with Gasteiger partial charge in [0.1, 0.15) is 10.9 Å². The van der Waals surface area contributed by atoms with Gasteiger partial charge in [-0.2, -0.15) is 0 Å². The summed E-state index contributed by atoms with van der Waals surface area (Å²) in [7, 11) is 1.80. The van der Waals surface area contributed by atoms with Crippen LogP contribution in [0.3, 0.4) is 0 Å². The molecule has 5 nitrogen and oxygen atoms in total. The number of para-hydroxylation sites is 1. The van der Waals surface area contributed by atoms with Crippen LogP contribution in [0.1, 0.15) is 15.9 Å². The molecule has 126 valence electrons. The van der Waals surface area contributed by atoms with Crippen LogP contribution < -0.4 is 5.32 Å². The third-order valence-electron chi connectivity index (χ3n) is 3.88. The van der Waals surface area contributed by atoms with Crippen LogP contribution in [0.5, 0.6) is 0 Å². The highest BCUT2D eigenvalue weighted by Crippen LogP contribution is 2.30. The summed E-state index contributed by atoms with van der Waals surface area (Å²) in [5, 5.41) is 13.1. The van der Waals surface area contributed by atoms with Crippen LogP contribution in [-0.2, 0) is 11.8 Å². The monoisotopic (exact) mass is 354 g/mol. The van der Waals surface area contributed by atoms with Crippen molar-refractivity contribution in [3.05, 3.63) is 76.6 Å². The Morgan fingerprint density at radius 2 is 1.72 bits per heavy atom. The third kappa shape index (κ3) is 3.27. The highest BCUT2D eigenvalue weighted by Gasteiger charge is 2.17. The zero-order chi connectivity index (χ0) is 18.0. The van der Waals surface area contributed by atoms with Crippen molar-refractivity contribution in [3.8, 4) is 0 Å². The number of hydrogen-bond acceptors (Lipinski definition) is 2. The van der Waals surface area contributed by atoms with Gasteiger partial charge in [0.15, 0.2) is 0 Å². The minimum absolute atomic E-state index is 0.243. The average molecular weight is 355 g/mol. The van der Waals surface area contributed by atoms with Gasteiger partial charge >= 0.3 is 5.97 Å². The Kier molecular flexibility index (Phi) is 4.59. The number of rotatable bonds is 4. The molecular formula is C19H15ClN2O3. The molecule has 1 amide bonds. The fraction of sp³-hybridized carbons (Fsp3) is 0.0526. The van der Waals surface area contributed by atoms with Crippen molar-refractivity contribution in [2.24, 2.45) is 7.05 Å². The van der Waals surface area contributed by atoms with Gasteiger partial charge in [-0.3, -0.25) is 4.79 Å². The van der Waals surface area contributed by atoms with Gasteiger partial charge in [-0.15, -0.1) is 0 Å². The Morgan fingerprint density at radius 1 is 1.08 bits per heavy atom. The molecule has 0 unspecified atom stereocenters. The number of amides is 1. The minimum atomic E-state index is -1.24. The molecule has 25 heavy (non-hydrogen) atoms. The maximum atomic E-state index is 12.3. The van der Waals surface area contributed by atoms with Gasteiger partial charge < -0.3 is 15.0 Å². The van der Waals surface area contributed by atoms with Crippen molar-refractivity contribution < 1.29 is 14.7 Å². The van der Waals surface area contributed by atoms with Crippen LogP contribution in [0.4, 0.5) is 0 Å². The maximum absolute atomic E-state index is 12.3. The van der Waals surface area contributed by atoms with Crippen LogP contribution in [-0.4, -0.2) is 21.6 Å². The molecule has 0 aliphatic heterocycles. The number of aryl methyl sites for hydroxylation is 1. The summed E-state index contributed by atoms with van der Waals surface area (Å²) in [6.07, 6.45) is 1.38. The zero-order valence-corrected chi connectivity index (χ0v) is 14.1. The normalized spacial score (nSPS) is 11.5. The second-order valence-electron chi connectivity index (χ2n) is 5.46. The molecule has 1 heterocycles. The second kappa shape index (κ2) is 6.83. The van der Waals surface area contributed by atoms with Crippen molar-refractivity contribution >= 4 is 40.5 Å². The number of nitrogens with zero attached hydrogens (tertiary/aromatic N) is 1. The lowest BCUT2D eigenvalue weighted by atomic mass is 10.1. The molecule has 0 radical (unpaired) electrons. The molecule has 0 saturated carbocycles. The lowest BCUT2D eigenvalue weighted by Gasteiger charge is -2.06. The van der Waals surface area contributed by atoms with Crippen LogP contribution in [0.15, 0.2) is 60.3 Å². The lowest BCUT2D eigenvalue weighted by Crippen LogP contribution is -2.27. The topological polar surface area (TPSA) is 71.3 Å². The SMILES string of the molecule is Cn1c(Cl)c(C=C(NC(=O)c2ccccc2)C(=O)O)c2ccccc21. The molecule has 1 aromatic heterocycles. The van der Waals surface area contributed by atoms with E-state index >= 15 is 0 Å². The Balaban J connectivity index is 2.03. The van der Waals surface area contributed by atoms with E-state index in [2.05, 4.69) is 5.32 Å². The van der Waals surface area contributed by atoms with Gasteiger partial charge in [-0.05, 0) is 24.3 Å². The summed E-state index contributed by atoms with van der Waals surface area (Å²) in [5.74, 6) is -1.74. The van der Waals surface area contributed by atoms with Gasteiger partial charge in [-0.25, -0.2) is 4.79 Å². The molecule has 0 spiro atoms. The molecule has 2 aromatic carbocycles. The Morgan fingerprint density at radius 3 is 2.40 bits per heavy atom. The summed E-state index contributed by atoms with van der Waals surface area (Å²) in [6, 6.07) is 15.9. The molecule has 0 saturated heterocycles.